The third kappa shape index (κ3) is 5.42. The molecule has 33 heavy (non-hydrogen) atoms. The Morgan fingerprint density at radius 1 is 0.970 bits per heavy atom. The van der Waals surface area contributed by atoms with Crippen LogP contribution in [-0.2, 0) is 16.6 Å². The molecule has 0 saturated carbocycles. The molecule has 0 bridgehead atoms. The molecule has 4 rings (SSSR count). The molecule has 1 amide bonds. The van der Waals surface area contributed by atoms with E-state index in [-0.39, 0.29) is 23.2 Å². The summed E-state index contributed by atoms with van der Waals surface area (Å²) in [5, 5.41) is 6.62. The summed E-state index contributed by atoms with van der Waals surface area (Å²) in [4.78, 5) is 16.4. The highest BCUT2D eigenvalue weighted by Gasteiger charge is 2.15. The highest BCUT2D eigenvalue weighted by atomic mass is 32.2. The van der Waals surface area contributed by atoms with Crippen molar-refractivity contribution in [3.8, 4) is 11.4 Å². The number of aromatic nitrogens is 2. The third-order valence-electron chi connectivity index (χ3n) is 4.70. The topological polar surface area (TPSA) is 114 Å². The zero-order valence-corrected chi connectivity index (χ0v) is 18.3. The molecule has 0 radical (unpaired) electrons. The Bertz CT molecular complexity index is 1370. The third-order valence-corrected chi connectivity index (χ3v) is 6.10. The van der Waals surface area contributed by atoms with E-state index in [0.717, 1.165) is 17.7 Å². The Morgan fingerprint density at radius 3 is 2.30 bits per heavy atom. The summed E-state index contributed by atoms with van der Waals surface area (Å²) in [5.41, 5.74) is 2.50. The standard InChI is InChI=1S/C23H19FN4O4S/c1-15-2-4-17(5-3-15)23(29)25-14-21-26-22(27-32-21)16-6-10-19(11-7-16)28-33(30,31)20-12-8-18(24)9-13-20/h2-13,28H,14H2,1H3,(H,25,29). The monoisotopic (exact) mass is 466 g/mol. The largest absolute Gasteiger partial charge is 0.343 e. The molecule has 0 aliphatic heterocycles. The maximum absolute atomic E-state index is 13.0. The molecule has 1 heterocycles. The van der Waals surface area contributed by atoms with E-state index in [1.54, 1.807) is 36.4 Å². The van der Waals surface area contributed by atoms with Gasteiger partial charge in [0.05, 0.1) is 11.4 Å². The Hall–Kier alpha value is -4.05. The average Bonchev–Trinajstić information content (AvgIpc) is 3.27. The molecule has 8 nitrogen and oxygen atoms in total. The van der Waals surface area contributed by atoms with Crippen LogP contribution < -0.4 is 10.0 Å². The minimum Gasteiger partial charge on any atom is -0.343 e. The smallest absolute Gasteiger partial charge is 0.261 e. The van der Waals surface area contributed by atoms with Crippen LogP contribution in [0.15, 0.2) is 82.2 Å². The SMILES string of the molecule is Cc1ccc(C(=O)NCc2nc(-c3ccc(NS(=O)(=O)c4ccc(F)cc4)cc3)no2)cc1. The summed E-state index contributed by atoms with van der Waals surface area (Å²) in [6, 6.07) is 18.0. The molecule has 168 valence electrons. The number of hydrogen-bond acceptors (Lipinski definition) is 6. The second-order valence-electron chi connectivity index (χ2n) is 7.20. The molecule has 0 aliphatic rings. The molecule has 10 heteroatoms. The van der Waals surface area contributed by atoms with Gasteiger partial charge in [-0.15, -0.1) is 0 Å². The van der Waals surface area contributed by atoms with Gasteiger partial charge in [-0.25, -0.2) is 12.8 Å². The fourth-order valence-corrected chi connectivity index (χ4v) is 3.98. The first-order valence-electron chi connectivity index (χ1n) is 9.86. The van der Waals surface area contributed by atoms with Crippen molar-refractivity contribution in [2.24, 2.45) is 0 Å². The molecule has 4 aromatic rings. The minimum atomic E-state index is -3.85. The fraction of sp³-hybridized carbons (Fsp3) is 0.0870. The van der Waals surface area contributed by atoms with Gasteiger partial charge in [0, 0.05) is 16.8 Å². The van der Waals surface area contributed by atoms with Crippen LogP contribution >= 0.6 is 0 Å². The quantitative estimate of drug-likeness (QED) is 0.427. The van der Waals surface area contributed by atoms with Gasteiger partial charge in [-0.2, -0.15) is 4.98 Å². The predicted octanol–water partition coefficient (Wildman–Crippen LogP) is 3.91. The van der Waals surface area contributed by atoms with Crippen LogP contribution in [0.1, 0.15) is 21.8 Å². The van der Waals surface area contributed by atoms with Crippen molar-refractivity contribution in [3.05, 3.63) is 95.6 Å². The number of hydrogen-bond donors (Lipinski definition) is 2. The van der Waals surface area contributed by atoms with Gasteiger partial charge in [-0.05, 0) is 67.6 Å². The lowest BCUT2D eigenvalue weighted by Crippen LogP contribution is -2.22. The van der Waals surface area contributed by atoms with E-state index in [4.69, 9.17) is 4.52 Å². The van der Waals surface area contributed by atoms with E-state index in [9.17, 15) is 17.6 Å². The normalized spacial score (nSPS) is 11.2. The van der Waals surface area contributed by atoms with Crippen molar-refractivity contribution in [1.82, 2.24) is 15.5 Å². The molecule has 0 atom stereocenters. The van der Waals surface area contributed by atoms with Gasteiger partial charge >= 0.3 is 0 Å². The Morgan fingerprint density at radius 2 is 1.64 bits per heavy atom. The summed E-state index contributed by atoms with van der Waals surface area (Å²) < 4.78 is 45.5. The van der Waals surface area contributed by atoms with Crippen LogP contribution in [0.3, 0.4) is 0 Å². The number of nitrogens with zero attached hydrogens (tertiary/aromatic N) is 2. The number of carbonyl (C=O) groups is 1. The van der Waals surface area contributed by atoms with Gasteiger partial charge < -0.3 is 9.84 Å². The van der Waals surface area contributed by atoms with Crippen LogP contribution in [0.2, 0.25) is 0 Å². The van der Waals surface area contributed by atoms with Gasteiger partial charge in [-0.1, -0.05) is 22.9 Å². The van der Waals surface area contributed by atoms with E-state index in [1.165, 1.54) is 12.1 Å². The number of sulfonamides is 1. The van der Waals surface area contributed by atoms with Crippen LogP contribution in [0, 0.1) is 12.7 Å². The van der Waals surface area contributed by atoms with E-state index in [0.29, 0.717) is 22.6 Å². The lowest BCUT2D eigenvalue weighted by atomic mass is 10.1. The van der Waals surface area contributed by atoms with Crippen molar-refractivity contribution in [3.63, 3.8) is 0 Å². The first kappa shape index (κ1) is 22.2. The second kappa shape index (κ2) is 9.21. The number of halogens is 1. The van der Waals surface area contributed by atoms with E-state index in [1.807, 2.05) is 19.1 Å². The van der Waals surface area contributed by atoms with Gasteiger partial charge in [0.25, 0.3) is 15.9 Å². The van der Waals surface area contributed by atoms with Crippen molar-refractivity contribution in [1.29, 1.82) is 0 Å². The molecule has 0 spiro atoms. The van der Waals surface area contributed by atoms with E-state index < -0.39 is 15.8 Å². The average molecular weight is 466 g/mol. The predicted molar refractivity (Wildman–Crippen MR) is 119 cm³/mol. The highest BCUT2D eigenvalue weighted by Crippen LogP contribution is 2.21. The van der Waals surface area contributed by atoms with Crippen LogP contribution in [-0.4, -0.2) is 24.5 Å². The molecular formula is C23H19FN4O4S. The molecule has 2 N–H and O–H groups in total. The van der Waals surface area contributed by atoms with Crippen molar-refractivity contribution >= 4 is 21.6 Å². The van der Waals surface area contributed by atoms with Gasteiger partial charge in [0.15, 0.2) is 0 Å². The summed E-state index contributed by atoms with van der Waals surface area (Å²) in [6.45, 7) is 2.00. The first-order valence-corrected chi connectivity index (χ1v) is 11.3. The van der Waals surface area contributed by atoms with Crippen molar-refractivity contribution < 1.29 is 22.1 Å². The highest BCUT2D eigenvalue weighted by molar-refractivity contribution is 7.92. The van der Waals surface area contributed by atoms with Crippen molar-refractivity contribution in [2.45, 2.75) is 18.4 Å². The molecule has 0 aliphatic carbocycles. The molecule has 0 unspecified atom stereocenters. The first-order chi connectivity index (χ1) is 15.8. The molecule has 0 saturated heterocycles. The summed E-state index contributed by atoms with van der Waals surface area (Å²) in [6.07, 6.45) is 0. The molecule has 0 fully saturated rings. The van der Waals surface area contributed by atoms with Crippen LogP contribution in [0.25, 0.3) is 11.4 Å². The van der Waals surface area contributed by atoms with Crippen molar-refractivity contribution in [2.75, 3.05) is 4.72 Å². The minimum absolute atomic E-state index is 0.0523. The van der Waals surface area contributed by atoms with Gasteiger partial charge in [-0.3, -0.25) is 9.52 Å². The number of benzene rings is 3. The zero-order valence-electron chi connectivity index (χ0n) is 17.4. The number of nitrogens with one attached hydrogen (secondary N) is 2. The Labute approximate surface area is 189 Å². The fourth-order valence-electron chi connectivity index (χ4n) is 2.92. The lowest BCUT2D eigenvalue weighted by Gasteiger charge is -2.08. The molecule has 3 aromatic carbocycles. The van der Waals surface area contributed by atoms with Crippen LogP contribution in [0.5, 0.6) is 0 Å². The Balaban J connectivity index is 1.39. The maximum Gasteiger partial charge on any atom is 0.261 e. The number of anilines is 1. The molecular weight excluding hydrogens is 447 g/mol. The Kier molecular flexibility index (Phi) is 6.18. The van der Waals surface area contributed by atoms with E-state index in [2.05, 4.69) is 20.2 Å². The molecule has 1 aromatic heterocycles. The number of amides is 1. The lowest BCUT2D eigenvalue weighted by molar-refractivity contribution is 0.0946. The van der Waals surface area contributed by atoms with Gasteiger partial charge in [0.1, 0.15) is 5.82 Å². The summed E-state index contributed by atoms with van der Waals surface area (Å²) in [7, 11) is -3.85. The zero-order chi connectivity index (χ0) is 23.4. The number of carbonyl (C=O) groups excluding carboxylic acids is 1. The summed E-state index contributed by atoms with van der Waals surface area (Å²) in [5.74, 6) is -0.255. The number of aryl methyl sites for hydroxylation is 1. The van der Waals surface area contributed by atoms with Gasteiger partial charge in [0.2, 0.25) is 11.7 Å². The number of rotatable bonds is 7. The maximum atomic E-state index is 13.0. The second-order valence-corrected chi connectivity index (χ2v) is 8.88. The summed E-state index contributed by atoms with van der Waals surface area (Å²) >= 11 is 0. The van der Waals surface area contributed by atoms with Crippen LogP contribution in [0.4, 0.5) is 10.1 Å². The van der Waals surface area contributed by atoms with E-state index >= 15 is 0 Å².